The van der Waals surface area contributed by atoms with E-state index >= 15 is 0 Å². The molecule has 0 bridgehead atoms. The lowest BCUT2D eigenvalue weighted by atomic mass is 10.0. The summed E-state index contributed by atoms with van der Waals surface area (Å²) in [6.45, 7) is 3.49. The highest BCUT2D eigenvalue weighted by Crippen LogP contribution is 2.29. The van der Waals surface area contributed by atoms with Crippen molar-refractivity contribution in [3.05, 3.63) is 41.5 Å². The summed E-state index contributed by atoms with van der Waals surface area (Å²) in [6.07, 6.45) is 2.17. The summed E-state index contributed by atoms with van der Waals surface area (Å²) in [5.74, 6) is 0.440. The molecule has 2 nitrogen and oxygen atoms in total. The first-order chi connectivity index (χ1) is 10.5. The summed E-state index contributed by atoms with van der Waals surface area (Å²) in [7, 11) is 0. The lowest BCUT2D eigenvalue weighted by molar-refractivity contribution is -0.175. The Hall–Kier alpha value is -1.33. The molecule has 0 N–H and O–H groups in total. The summed E-state index contributed by atoms with van der Waals surface area (Å²) >= 11 is 0. The van der Waals surface area contributed by atoms with Gasteiger partial charge in [-0.25, -0.2) is 0 Å². The Morgan fingerprint density at radius 1 is 1.14 bits per heavy atom. The van der Waals surface area contributed by atoms with Gasteiger partial charge in [-0.3, -0.25) is 0 Å². The largest absolute Gasteiger partial charge is 0.416 e. The molecule has 0 aromatic heterocycles. The number of alkyl halides is 3. The summed E-state index contributed by atoms with van der Waals surface area (Å²) < 4.78 is 48.6. The predicted molar refractivity (Wildman–Crippen MR) is 79.2 cm³/mol. The van der Waals surface area contributed by atoms with Gasteiger partial charge in [0, 0.05) is 5.92 Å². The molecule has 5 heteroatoms. The molecular weight excluding hydrogens is 293 g/mol. The van der Waals surface area contributed by atoms with Crippen LogP contribution in [0.3, 0.4) is 0 Å². The third-order valence-corrected chi connectivity index (χ3v) is 3.64. The Morgan fingerprint density at radius 2 is 1.77 bits per heavy atom. The van der Waals surface area contributed by atoms with E-state index < -0.39 is 18.0 Å². The fourth-order valence-corrected chi connectivity index (χ4v) is 2.30. The Kier molecular flexibility index (Phi) is 6.03. The quantitative estimate of drug-likeness (QED) is 0.770. The molecule has 2 rings (SSSR count). The molecule has 1 aliphatic heterocycles. The fraction of sp³-hybridized carbons (Fsp3) is 0.529. The van der Waals surface area contributed by atoms with Gasteiger partial charge < -0.3 is 9.47 Å². The van der Waals surface area contributed by atoms with E-state index in [0.717, 1.165) is 25.0 Å². The van der Waals surface area contributed by atoms with E-state index in [1.165, 1.54) is 18.6 Å². The number of unbranched alkanes of at least 4 members (excludes halogenated alkanes) is 1. The van der Waals surface area contributed by atoms with Crippen molar-refractivity contribution in [1.82, 2.24) is 0 Å². The second-order valence-corrected chi connectivity index (χ2v) is 5.52. The van der Waals surface area contributed by atoms with Gasteiger partial charge in [-0.2, -0.15) is 13.2 Å². The van der Waals surface area contributed by atoms with Crippen molar-refractivity contribution >= 4 is 6.08 Å². The van der Waals surface area contributed by atoms with Gasteiger partial charge in [0.25, 0.3) is 0 Å². The Labute approximate surface area is 128 Å². The third-order valence-electron chi connectivity index (χ3n) is 3.64. The van der Waals surface area contributed by atoms with E-state index in [4.69, 9.17) is 9.47 Å². The minimum absolute atomic E-state index is 0.417. The Balaban J connectivity index is 1.83. The van der Waals surface area contributed by atoms with Crippen LogP contribution in [-0.4, -0.2) is 19.5 Å². The fourth-order valence-electron chi connectivity index (χ4n) is 2.30. The van der Waals surface area contributed by atoms with Gasteiger partial charge >= 0.3 is 6.18 Å². The zero-order valence-electron chi connectivity index (χ0n) is 12.6. The topological polar surface area (TPSA) is 18.5 Å². The van der Waals surface area contributed by atoms with Crippen LogP contribution in [0.5, 0.6) is 0 Å². The number of rotatable bonds is 5. The van der Waals surface area contributed by atoms with Crippen molar-refractivity contribution in [2.24, 2.45) is 5.92 Å². The molecule has 0 saturated carbocycles. The molecule has 0 unspecified atom stereocenters. The highest BCUT2D eigenvalue weighted by atomic mass is 19.4. The lowest BCUT2D eigenvalue weighted by Gasteiger charge is -2.27. The standard InChI is InChI=1S/C17H21F3O2/c1-2-3-4-14-11-21-16(22-12-14)10-7-13-5-8-15(9-6-13)17(18,19)20/h5-10,14,16H,2-4,11-12H2,1H3/b10-7+. The molecule has 0 amide bonds. The van der Waals surface area contributed by atoms with Crippen LogP contribution in [0.2, 0.25) is 0 Å². The minimum Gasteiger partial charge on any atom is -0.349 e. The van der Waals surface area contributed by atoms with E-state index in [0.29, 0.717) is 24.7 Å². The summed E-state index contributed by atoms with van der Waals surface area (Å²) in [5.41, 5.74) is 0.0434. The highest BCUT2D eigenvalue weighted by molar-refractivity contribution is 5.50. The first-order valence-corrected chi connectivity index (χ1v) is 7.57. The minimum atomic E-state index is -4.30. The van der Waals surface area contributed by atoms with Crippen LogP contribution < -0.4 is 0 Å². The van der Waals surface area contributed by atoms with Gasteiger partial charge in [0.2, 0.25) is 0 Å². The molecule has 1 aliphatic rings. The second-order valence-electron chi connectivity index (χ2n) is 5.52. The first-order valence-electron chi connectivity index (χ1n) is 7.57. The molecule has 122 valence electrons. The predicted octanol–water partition coefficient (Wildman–Crippen LogP) is 4.90. The summed E-state index contributed by atoms with van der Waals surface area (Å²) in [6, 6.07) is 5.02. The molecule has 0 radical (unpaired) electrons. The molecule has 0 aliphatic carbocycles. The van der Waals surface area contributed by atoms with Crippen LogP contribution in [0.15, 0.2) is 30.3 Å². The summed E-state index contributed by atoms with van der Waals surface area (Å²) in [4.78, 5) is 0. The lowest BCUT2D eigenvalue weighted by Crippen LogP contribution is -2.30. The number of ether oxygens (including phenoxy) is 2. The molecule has 0 spiro atoms. The molecular formula is C17H21F3O2. The Bertz CT molecular complexity index is 472. The molecule has 1 fully saturated rings. The monoisotopic (exact) mass is 314 g/mol. The van der Waals surface area contributed by atoms with Crippen LogP contribution in [0.25, 0.3) is 6.08 Å². The number of hydrogen-bond acceptors (Lipinski definition) is 2. The maximum Gasteiger partial charge on any atom is 0.416 e. The highest BCUT2D eigenvalue weighted by Gasteiger charge is 2.29. The van der Waals surface area contributed by atoms with Crippen molar-refractivity contribution in [2.75, 3.05) is 13.2 Å². The van der Waals surface area contributed by atoms with Crippen LogP contribution in [0.1, 0.15) is 37.3 Å². The Morgan fingerprint density at radius 3 is 2.32 bits per heavy atom. The maximum atomic E-state index is 12.5. The van der Waals surface area contributed by atoms with Crippen molar-refractivity contribution < 1.29 is 22.6 Å². The van der Waals surface area contributed by atoms with Crippen LogP contribution in [-0.2, 0) is 15.7 Å². The van der Waals surface area contributed by atoms with Gasteiger partial charge in [-0.1, -0.05) is 38.0 Å². The molecule has 1 heterocycles. The smallest absolute Gasteiger partial charge is 0.349 e. The number of hydrogen-bond donors (Lipinski definition) is 0. The van der Waals surface area contributed by atoms with Crippen molar-refractivity contribution in [3.8, 4) is 0 Å². The second kappa shape index (κ2) is 7.79. The van der Waals surface area contributed by atoms with Crippen LogP contribution >= 0.6 is 0 Å². The molecule has 0 atom stereocenters. The van der Waals surface area contributed by atoms with E-state index in [1.807, 2.05) is 0 Å². The average Bonchev–Trinajstić information content (AvgIpc) is 2.51. The zero-order valence-corrected chi connectivity index (χ0v) is 12.6. The van der Waals surface area contributed by atoms with Crippen LogP contribution in [0, 0.1) is 5.92 Å². The molecule has 22 heavy (non-hydrogen) atoms. The van der Waals surface area contributed by atoms with E-state index in [-0.39, 0.29) is 0 Å². The normalized spacial score (nSPS) is 23.1. The van der Waals surface area contributed by atoms with Gasteiger partial charge in [-0.15, -0.1) is 0 Å². The van der Waals surface area contributed by atoms with Crippen molar-refractivity contribution in [1.29, 1.82) is 0 Å². The van der Waals surface area contributed by atoms with Gasteiger partial charge in [0.05, 0.1) is 18.8 Å². The number of halogens is 3. The first kappa shape index (κ1) is 17.0. The average molecular weight is 314 g/mol. The van der Waals surface area contributed by atoms with Crippen molar-refractivity contribution in [2.45, 2.75) is 38.7 Å². The van der Waals surface area contributed by atoms with Gasteiger partial charge in [-0.05, 0) is 30.2 Å². The van der Waals surface area contributed by atoms with E-state index in [2.05, 4.69) is 6.92 Å². The van der Waals surface area contributed by atoms with Gasteiger partial charge in [0.1, 0.15) is 0 Å². The zero-order chi connectivity index (χ0) is 16.0. The number of benzene rings is 1. The summed E-state index contributed by atoms with van der Waals surface area (Å²) in [5, 5.41) is 0. The van der Waals surface area contributed by atoms with E-state index in [1.54, 1.807) is 12.2 Å². The maximum absolute atomic E-state index is 12.5. The van der Waals surface area contributed by atoms with Crippen LogP contribution in [0.4, 0.5) is 13.2 Å². The van der Waals surface area contributed by atoms with Gasteiger partial charge in [0.15, 0.2) is 6.29 Å². The molecule has 1 aromatic carbocycles. The SMILES string of the molecule is CCCCC1COC(/C=C/c2ccc(C(F)(F)F)cc2)OC1. The third kappa shape index (κ3) is 5.14. The molecule has 1 aromatic rings. The van der Waals surface area contributed by atoms with E-state index in [9.17, 15) is 13.2 Å². The van der Waals surface area contributed by atoms with Crippen molar-refractivity contribution in [3.63, 3.8) is 0 Å². The molecule has 1 saturated heterocycles.